The molecule has 1 atom stereocenters. The summed E-state index contributed by atoms with van der Waals surface area (Å²) in [7, 11) is -3.71. The highest BCUT2D eigenvalue weighted by atomic mass is 32.2. The molecule has 19 heavy (non-hydrogen) atoms. The Bertz CT molecular complexity index is 559. The zero-order chi connectivity index (χ0) is 14.0. The molecular formula is C12H19N3O3S. The average molecular weight is 285 g/mol. The van der Waals surface area contributed by atoms with E-state index in [9.17, 15) is 8.42 Å². The Morgan fingerprint density at radius 1 is 1.47 bits per heavy atom. The number of morpholine rings is 1. The van der Waals surface area contributed by atoms with E-state index in [0.29, 0.717) is 12.3 Å². The first-order valence-electron chi connectivity index (χ1n) is 6.20. The van der Waals surface area contributed by atoms with Crippen LogP contribution >= 0.6 is 0 Å². The first kappa shape index (κ1) is 14.1. The van der Waals surface area contributed by atoms with Crippen LogP contribution in [0.25, 0.3) is 0 Å². The Morgan fingerprint density at radius 3 is 2.79 bits per heavy atom. The standard InChI is InChI=1S/C12H19N3O3S/c1-2-9-8-15(5-6-18-9)12-4-3-10(7-11(12)13)19(14,16)17/h3-4,7,9H,2,5-6,8,13H2,1H3,(H2,14,16,17). The molecule has 7 heteroatoms. The molecule has 1 unspecified atom stereocenters. The molecule has 0 aromatic heterocycles. The van der Waals surface area contributed by atoms with Gasteiger partial charge in [0.2, 0.25) is 10.0 Å². The number of hydrogen-bond donors (Lipinski definition) is 2. The minimum atomic E-state index is -3.71. The van der Waals surface area contributed by atoms with Crippen LogP contribution in [0.5, 0.6) is 0 Å². The third-order valence-corrected chi connectivity index (χ3v) is 4.17. The third kappa shape index (κ3) is 3.17. The van der Waals surface area contributed by atoms with Crippen molar-refractivity contribution in [2.24, 2.45) is 5.14 Å². The number of nitrogen functional groups attached to an aromatic ring is 1. The number of ether oxygens (including phenoxy) is 1. The van der Waals surface area contributed by atoms with E-state index >= 15 is 0 Å². The summed E-state index contributed by atoms with van der Waals surface area (Å²) in [6.45, 7) is 4.22. The van der Waals surface area contributed by atoms with Crippen LogP contribution < -0.4 is 15.8 Å². The summed E-state index contributed by atoms with van der Waals surface area (Å²) in [5.74, 6) is 0. The van der Waals surface area contributed by atoms with Gasteiger partial charge in [-0.15, -0.1) is 0 Å². The van der Waals surface area contributed by atoms with Gasteiger partial charge in [0, 0.05) is 13.1 Å². The molecule has 1 aromatic carbocycles. The number of hydrogen-bond acceptors (Lipinski definition) is 5. The van der Waals surface area contributed by atoms with Crippen LogP contribution in [-0.2, 0) is 14.8 Å². The Morgan fingerprint density at radius 2 is 2.21 bits per heavy atom. The largest absolute Gasteiger partial charge is 0.397 e. The van der Waals surface area contributed by atoms with Crippen LogP contribution in [0, 0.1) is 0 Å². The van der Waals surface area contributed by atoms with E-state index in [0.717, 1.165) is 25.2 Å². The second-order valence-electron chi connectivity index (χ2n) is 4.61. The van der Waals surface area contributed by atoms with Gasteiger partial charge in [-0.1, -0.05) is 6.92 Å². The average Bonchev–Trinajstić information content (AvgIpc) is 2.37. The Hall–Kier alpha value is -1.31. The molecule has 1 aliphatic rings. The fourth-order valence-corrected chi connectivity index (χ4v) is 2.73. The van der Waals surface area contributed by atoms with Gasteiger partial charge < -0.3 is 15.4 Å². The van der Waals surface area contributed by atoms with E-state index in [-0.39, 0.29) is 11.0 Å². The number of rotatable bonds is 3. The molecule has 2 rings (SSSR count). The lowest BCUT2D eigenvalue weighted by Gasteiger charge is -2.34. The minimum absolute atomic E-state index is 0.0362. The molecule has 6 nitrogen and oxygen atoms in total. The van der Waals surface area contributed by atoms with E-state index in [4.69, 9.17) is 15.6 Å². The first-order chi connectivity index (χ1) is 8.91. The van der Waals surface area contributed by atoms with Crippen molar-refractivity contribution in [2.75, 3.05) is 30.3 Å². The van der Waals surface area contributed by atoms with Gasteiger partial charge in [0.05, 0.1) is 29.0 Å². The normalized spacial score (nSPS) is 20.5. The highest BCUT2D eigenvalue weighted by Gasteiger charge is 2.21. The van der Waals surface area contributed by atoms with Crippen LogP contribution in [0.15, 0.2) is 23.1 Å². The van der Waals surface area contributed by atoms with Gasteiger partial charge in [-0.05, 0) is 24.6 Å². The number of nitrogens with two attached hydrogens (primary N) is 2. The van der Waals surface area contributed by atoms with Gasteiger partial charge >= 0.3 is 0 Å². The fraction of sp³-hybridized carbons (Fsp3) is 0.500. The Balaban J connectivity index is 2.26. The summed E-state index contributed by atoms with van der Waals surface area (Å²) < 4.78 is 28.1. The Kier molecular flexibility index (Phi) is 3.98. The molecule has 1 aliphatic heterocycles. The smallest absolute Gasteiger partial charge is 0.238 e. The van der Waals surface area contributed by atoms with Crippen LogP contribution in [-0.4, -0.2) is 34.2 Å². The van der Waals surface area contributed by atoms with Crippen molar-refractivity contribution < 1.29 is 13.2 Å². The van der Waals surface area contributed by atoms with Crippen LogP contribution in [0.4, 0.5) is 11.4 Å². The van der Waals surface area contributed by atoms with Gasteiger partial charge in [0.1, 0.15) is 0 Å². The number of anilines is 2. The summed E-state index contributed by atoms with van der Waals surface area (Å²) in [5, 5.41) is 5.08. The predicted molar refractivity (Wildman–Crippen MR) is 74.5 cm³/mol. The van der Waals surface area contributed by atoms with Crippen LogP contribution in [0.2, 0.25) is 0 Å². The number of nitrogens with zero attached hydrogens (tertiary/aromatic N) is 1. The quantitative estimate of drug-likeness (QED) is 0.789. The number of benzene rings is 1. The highest BCUT2D eigenvalue weighted by Crippen LogP contribution is 2.27. The maximum atomic E-state index is 11.3. The lowest BCUT2D eigenvalue weighted by Crippen LogP contribution is -2.42. The molecular weight excluding hydrogens is 266 g/mol. The molecule has 4 N–H and O–H groups in total. The Labute approximate surface area is 113 Å². The molecule has 0 radical (unpaired) electrons. The van der Waals surface area contributed by atoms with Gasteiger partial charge in [0.25, 0.3) is 0 Å². The van der Waals surface area contributed by atoms with Crippen molar-refractivity contribution in [3.05, 3.63) is 18.2 Å². The number of primary sulfonamides is 1. The van der Waals surface area contributed by atoms with Crippen LogP contribution in [0.1, 0.15) is 13.3 Å². The van der Waals surface area contributed by atoms with E-state index in [1.807, 2.05) is 0 Å². The van der Waals surface area contributed by atoms with Crippen LogP contribution in [0.3, 0.4) is 0 Å². The van der Waals surface area contributed by atoms with Gasteiger partial charge in [-0.2, -0.15) is 0 Å². The van der Waals surface area contributed by atoms with E-state index < -0.39 is 10.0 Å². The zero-order valence-electron chi connectivity index (χ0n) is 10.9. The summed E-state index contributed by atoms with van der Waals surface area (Å²) in [6.07, 6.45) is 1.12. The summed E-state index contributed by atoms with van der Waals surface area (Å²) in [5.41, 5.74) is 7.18. The monoisotopic (exact) mass is 285 g/mol. The van der Waals surface area contributed by atoms with Crippen molar-refractivity contribution in [3.8, 4) is 0 Å². The van der Waals surface area contributed by atoms with Crippen molar-refractivity contribution in [1.29, 1.82) is 0 Å². The molecule has 1 aromatic rings. The van der Waals surface area contributed by atoms with Crippen molar-refractivity contribution in [2.45, 2.75) is 24.3 Å². The molecule has 0 bridgehead atoms. The van der Waals surface area contributed by atoms with Crippen molar-refractivity contribution >= 4 is 21.4 Å². The van der Waals surface area contributed by atoms with Gasteiger partial charge in [-0.25, -0.2) is 13.6 Å². The summed E-state index contributed by atoms with van der Waals surface area (Å²) in [4.78, 5) is 2.15. The van der Waals surface area contributed by atoms with E-state index in [1.54, 1.807) is 6.07 Å². The van der Waals surface area contributed by atoms with E-state index in [1.165, 1.54) is 12.1 Å². The van der Waals surface area contributed by atoms with E-state index in [2.05, 4.69) is 11.8 Å². The fourth-order valence-electron chi connectivity index (χ4n) is 2.18. The summed E-state index contributed by atoms with van der Waals surface area (Å²) >= 11 is 0. The van der Waals surface area contributed by atoms with Gasteiger partial charge in [0.15, 0.2) is 0 Å². The molecule has 1 saturated heterocycles. The number of sulfonamides is 1. The molecule has 1 fully saturated rings. The van der Waals surface area contributed by atoms with Crippen molar-refractivity contribution in [3.63, 3.8) is 0 Å². The lowest BCUT2D eigenvalue weighted by atomic mass is 10.2. The van der Waals surface area contributed by atoms with Crippen molar-refractivity contribution in [1.82, 2.24) is 0 Å². The zero-order valence-corrected chi connectivity index (χ0v) is 11.7. The molecule has 106 valence electrons. The molecule has 0 spiro atoms. The topological polar surface area (TPSA) is 98.7 Å². The maximum absolute atomic E-state index is 11.3. The second kappa shape index (κ2) is 5.36. The minimum Gasteiger partial charge on any atom is -0.397 e. The second-order valence-corrected chi connectivity index (χ2v) is 6.17. The molecule has 0 saturated carbocycles. The predicted octanol–water partition coefficient (Wildman–Crippen LogP) is 0.531. The summed E-state index contributed by atoms with van der Waals surface area (Å²) in [6, 6.07) is 4.59. The molecule has 0 amide bonds. The van der Waals surface area contributed by atoms with Gasteiger partial charge in [-0.3, -0.25) is 0 Å². The highest BCUT2D eigenvalue weighted by molar-refractivity contribution is 7.89. The SMILES string of the molecule is CCC1CN(c2ccc(S(N)(=O)=O)cc2N)CCO1. The first-order valence-corrected chi connectivity index (χ1v) is 7.75. The third-order valence-electron chi connectivity index (χ3n) is 3.26. The molecule has 0 aliphatic carbocycles. The lowest BCUT2D eigenvalue weighted by molar-refractivity contribution is 0.0385. The molecule has 1 heterocycles. The maximum Gasteiger partial charge on any atom is 0.238 e.